The van der Waals surface area contributed by atoms with Crippen molar-refractivity contribution in [2.45, 2.75) is 25.5 Å². The lowest BCUT2D eigenvalue weighted by Crippen LogP contribution is -2.14. The number of hydrogen-bond donors (Lipinski definition) is 1. The van der Waals surface area contributed by atoms with Crippen LogP contribution in [0, 0.1) is 0 Å². The summed E-state index contributed by atoms with van der Waals surface area (Å²) < 4.78 is 21.6. The molecule has 78 valence electrons. The Balaban J connectivity index is 2.74. The van der Waals surface area contributed by atoms with Gasteiger partial charge in [0.05, 0.1) is 5.75 Å². The Labute approximate surface area is 85.0 Å². The molecule has 0 radical (unpaired) electrons. The first kappa shape index (κ1) is 11.2. The zero-order valence-corrected chi connectivity index (χ0v) is 9.05. The molecule has 1 aromatic rings. The summed E-state index contributed by atoms with van der Waals surface area (Å²) in [5, 5.41) is 4.94. The Morgan fingerprint density at radius 1 is 1.14 bits per heavy atom. The molecule has 1 rings (SSSR count). The average Bonchev–Trinajstić information content (AvgIpc) is 2.06. The summed E-state index contributed by atoms with van der Waals surface area (Å²) in [6.07, 6.45) is 2.12. The Morgan fingerprint density at radius 2 is 1.64 bits per heavy atom. The van der Waals surface area contributed by atoms with Gasteiger partial charge in [-0.05, 0) is 17.5 Å². The predicted molar refractivity (Wildman–Crippen MR) is 57.2 cm³/mol. The lowest BCUT2D eigenvalue weighted by Gasteiger charge is -2.01. The Morgan fingerprint density at radius 3 is 2.07 bits per heavy atom. The first-order valence-electron chi connectivity index (χ1n) is 4.59. The first-order valence-corrected chi connectivity index (χ1v) is 6.31. The second-order valence-corrected chi connectivity index (χ2v) is 4.99. The lowest BCUT2D eigenvalue weighted by molar-refractivity contribution is 0.597. The second-order valence-electron chi connectivity index (χ2n) is 3.37. The monoisotopic (exact) mass is 213 g/mol. The number of primary sulfonamides is 1. The molecular formula is C10H15NO2S. The van der Waals surface area contributed by atoms with Gasteiger partial charge in [0.25, 0.3) is 0 Å². The van der Waals surface area contributed by atoms with Crippen molar-refractivity contribution < 1.29 is 8.42 Å². The maximum absolute atomic E-state index is 10.8. The number of benzene rings is 1. The van der Waals surface area contributed by atoms with Gasteiger partial charge in [0.15, 0.2) is 0 Å². The van der Waals surface area contributed by atoms with Gasteiger partial charge >= 0.3 is 0 Å². The van der Waals surface area contributed by atoms with Gasteiger partial charge in [-0.1, -0.05) is 37.6 Å². The lowest BCUT2D eigenvalue weighted by atomic mass is 10.1. The molecule has 0 saturated carbocycles. The third kappa shape index (κ3) is 3.89. The van der Waals surface area contributed by atoms with E-state index in [9.17, 15) is 8.42 Å². The summed E-state index contributed by atoms with van der Waals surface area (Å²) >= 11 is 0. The van der Waals surface area contributed by atoms with Crippen LogP contribution in [-0.2, 0) is 22.2 Å². The summed E-state index contributed by atoms with van der Waals surface area (Å²) in [5.74, 6) is -0.0839. The van der Waals surface area contributed by atoms with Crippen molar-refractivity contribution in [2.24, 2.45) is 5.14 Å². The smallest absolute Gasteiger partial charge is 0.213 e. The maximum Gasteiger partial charge on any atom is 0.213 e. The van der Waals surface area contributed by atoms with Crippen LogP contribution in [0.4, 0.5) is 0 Å². The van der Waals surface area contributed by atoms with Crippen molar-refractivity contribution in [3.8, 4) is 0 Å². The van der Waals surface area contributed by atoms with Crippen molar-refractivity contribution in [1.82, 2.24) is 0 Å². The minimum absolute atomic E-state index is 0.0839. The summed E-state index contributed by atoms with van der Waals surface area (Å²) in [4.78, 5) is 0. The second kappa shape index (κ2) is 4.57. The summed E-state index contributed by atoms with van der Waals surface area (Å²) in [5.41, 5.74) is 1.97. The number of rotatable bonds is 4. The molecule has 0 fully saturated rings. The van der Waals surface area contributed by atoms with Gasteiger partial charge in [0.1, 0.15) is 0 Å². The number of sulfonamides is 1. The highest BCUT2D eigenvalue weighted by atomic mass is 32.2. The van der Waals surface area contributed by atoms with Crippen LogP contribution < -0.4 is 5.14 Å². The fourth-order valence-corrected chi connectivity index (χ4v) is 1.98. The van der Waals surface area contributed by atoms with E-state index in [1.54, 1.807) is 0 Å². The van der Waals surface area contributed by atoms with Crippen LogP contribution in [-0.4, -0.2) is 8.42 Å². The van der Waals surface area contributed by atoms with E-state index in [1.165, 1.54) is 5.56 Å². The quantitative estimate of drug-likeness (QED) is 0.822. The van der Waals surface area contributed by atoms with Gasteiger partial charge in [-0.3, -0.25) is 0 Å². The van der Waals surface area contributed by atoms with Gasteiger partial charge < -0.3 is 0 Å². The van der Waals surface area contributed by atoms with Crippen molar-refractivity contribution in [3.63, 3.8) is 0 Å². The fourth-order valence-electron chi connectivity index (χ4n) is 1.32. The van der Waals surface area contributed by atoms with Crippen LogP contribution in [0.3, 0.4) is 0 Å². The molecule has 0 spiro atoms. The molecule has 0 atom stereocenters. The first-order chi connectivity index (χ1) is 6.51. The van der Waals surface area contributed by atoms with E-state index >= 15 is 0 Å². The SMILES string of the molecule is CCCc1ccc(CS(N)(=O)=O)cc1. The molecule has 0 aliphatic carbocycles. The highest BCUT2D eigenvalue weighted by Gasteiger charge is 2.04. The van der Waals surface area contributed by atoms with Crippen LogP contribution in [0.25, 0.3) is 0 Å². The van der Waals surface area contributed by atoms with Gasteiger partial charge in [0, 0.05) is 0 Å². The van der Waals surface area contributed by atoms with Crippen LogP contribution >= 0.6 is 0 Å². The third-order valence-corrected chi connectivity index (χ3v) is 2.67. The zero-order valence-electron chi connectivity index (χ0n) is 8.23. The van der Waals surface area contributed by atoms with Crippen LogP contribution in [0.15, 0.2) is 24.3 Å². The topological polar surface area (TPSA) is 60.2 Å². The van der Waals surface area contributed by atoms with E-state index in [4.69, 9.17) is 5.14 Å². The summed E-state index contributed by atoms with van der Waals surface area (Å²) in [7, 11) is -3.40. The molecule has 0 unspecified atom stereocenters. The van der Waals surface area contributed by atoms with Gasteiger partial charge in [-0.2, -0.15) is 0 Å². The Hall–Kier alpha value is -0.870. The highest BCUT2D eigenvalue weighted by Crippen LogP contribution is 2.08. The van der Waals surface area contributed by atoms with Crippen LogP contribution in [0.1, 0.15) is 24.5 Å². The molecule has 0 heterocycles. The van der Waals surface area contributed by atoms with E-state index in [2.05, 4.69) is 6.92 Å². The minimum atomic E-state index is -3.40. The number of hydrogen-bond acceptors (Lipinski definition) is 2. The minimum Gasteiger partial charge on any atom is -0.228 e. The van der Waals surface area contributed by atoms with E-state index in [-0.39, 0.29) is 5.75 Å². The summed E-state index contributed by atoms with van der Waals surface area (Å²) in [6.45, 7) is 2.11. The van der Waals surface area contributed by atoms with E-state index in [1.807, 2.05) is 24.3 Å². The molecule has 3 nitrogen and oxygen atoms in total. The molecule has 0 aliphatic heterocycles. The van der Waals surface area contributed by atoms with Gasteiger partial charge in [-0.15, -0.1) is 0 Å². The van der Waals surface area contributed by atoms with E-state index in [0.29, 0.717) is 0 Å². The van der Waals surface area contributed by atoms with Crippen molar-refractivity contribution in [2.75, 3.05) is 0 Å². The molecular weight excluding hydrogens is 198 g/mol. The molecule has 1 aromatic carbocycles. The molecule has 0 aromatic heterocycles. The molecule has 0 saturated heterocycles. The zero-order chi connectivity index (χ0) is 10.6. The molecule has 0 bridgehead atoms. The maximum atomic E-state index is 10.8. The average molecular weight is 213 g/mol. The number of aryl methyl sites for hydroxylation is 1. The highest BCUT2D eigenvalue weighted by molar-refractivity contribution is 7.88. The van der Waals surface area contributed by atoms with Crippen LogP contribution in [0.2, 0.25) is 0 Å². The molecule has 4 heteroatoms. The standard InChI is InChI=1S/C10H15NO2S/c1-2-3-9-4-6-10(7-5-9)8-14(11,12)13/h4-7H,2-3,8H2,1H3,(H2,11,12,13). The van der Waals surface area contributed by atoms with Crippen molar-refractivity contribution >= 4 is 10.0 Å². The van der Waals surface area contributed by atoms with E-state index < -0.39 is 10.0 Å². The fraction of sp³-hybridized carbons (Fsp3) is 0.400. The van der Waals surface area contributed by atoms with Crippen LogP contribution in [0.5, 0.6) is 0 Å². The van der Waals surface area contributed by atoms with Crippen molar-refractivity contribution in [1.29, 1.82) is 0 Å². The van der Waals surface area contributed by atoms with E-state index in [0.717, 1.165) is 18.4 Å². The molecule has 2 N–H and O–H groups in total. The van der Waals surface area contributed by atoms with Gasteiger partial charge in [0.2, 0.25) is 10.0 Å². The normalized spacial score (nSPS) is 11.6. The Kier molecular flexibility index (Phi) is 3.66. The number of nitrogens with two attached hydrogens (primary N) is 1. The molecule has 0 amide bonds. The largest absolute Gasteiger partial charge is 0.228 e. The van der Waals surface area contributed by atoms with Gasteiger partial charge in [-0.25, -0.2) is 13.6 Å². The Bertz CT molecular complexity index is 381. The third-order valence-electron chi connectivity index (χ3n) is 1.93. The molecule has 14 heavy (non-hydrogen) atoms. The molecule has 0 aliphatic rings. The summed E-state index contributed by atoms with van der Waals surface area (Å²) in [6, 6.07) is 7.53. The predicted octanol–water partition coefficient (Wildman–Crippen LogP) is 1.43. The van der Waals surface area contributed by atoms with Crippen molar-refractivity contribution in [3.05, 3.63) is 35.4 Å².